The molecule has 0 aliphatic heterocycles. The number of halogens is 3. The van der Waals surface area contributed by atoms with Gasteiger partial charge < -0.3 is 9.64 Å². The van der Waals surface area contributed by atoms with Gasteiger partial charge in [-0.3, -0.25) is 4.90 Å². The summed E-state index contributed by atoms with van der Waals surface area (Å²) in [6, 6.07) is 13.5. The summed E-state index contributed by atoms with van der Waals surface area (Å²) in [5.41, 5.74) is 1.75. The number of nitrogens with zero attached hydrogens (tertiary/aromatic N) is 3. The smallest absolute Gasteiger partial charge is 0.416 e. The first-order valence-corrected chi connectivity index (χ1v) is 10.8. The molecule has 176 valence electrons. The maximum Gasteiger partial charge on any atom is 0.416 e. The number of aromatic nitrogens is 1. The number of ether oxygens (including phenoxy) is 1. The van der Waals surface area contributed by atoms with Crippen molar-refractivity contribution in [2.45, 2.75) is 40.0 Å². The molecule has 3 aromatic rings. The highest BCUT2D eigenvalue weighted by atomic mass is 19.4. The van der Waals surface area contributed by atoms with Gasteiger partial charge in [-0.1, -0.05) is 29.8 Å². The van der Waals surface area contributed by atoms with Crippen LogP contribution >= 0.6 is 0 Å². The lowest BCUT2D eigenvalue weighted by Gasteiger charge is -2.27. The molecule has 0 atom stereocenters. The van der Waals surface area contributed by atoms with Crippen molar-refractivity contribution in [3.8, 4) is 0 Å². The van der Waals surface area contributed by atoms with Gasteiger partial charge in [-0.2, -0.15) is 13.2 Å². The number of anilines is 1. The summed E-state index contributed by atoms with van der Waals surface area (Å²) in [5, 5.41) is 0.920. The third-order valence-corrected chi connectivity index (χ3v) is 5.47. The van der Waals surface area contributed by atoms with Crippen molar-refractivity contribution in [2.75, 3.05) is 25.1 Å². The van der Waals surface area contributed by atoms with Gasteiger partial charge in [-0.05, 0) is 50.6 Å². The van der Waals surface area contributed by atoms with E-state index >= 15 is 0 Å². The molecular formula is C25H28F3N3O2. The zero-order chi connectivity index (χ0) is 24.2. The van der Waals surface area contributed by atoms with Crippen LogP contribution in [0.3, 0.4) is 0 Å². The Kier molecular flexibility index (Phi) is 7.46. The predicted octanol–water partition coefficient (Wildman–Crippen LogP) is 6.18. The van der Waals surface area contributed by atoms with E-state index in [1.54, 1.807) is 13.0 Å². The number of carbonyl (C=O) groups excluding carboxylic acids is 1. The number of alkyl halides is 3. The van der Waals surface area contributed by atoms with Crippen LogP contribution in [-0.4, -0.2) is 36.2 Å². The van der Waals surface area contributed by atoms with Gasteiger partial charge in [0.05, 0.1) is 24.7 Å². The van der Waals surface area contributed by atoms with Gasteiger partial charge in [0.25, 0.3) is 0 Å². The molecule has 5 nitrogen and oxygen atoms in total. The number of hydrogen-bond donors (Lipinski definition) is 0. The third kappa shape index (κ3) is 5.74. The van der Waals surface area contributed by atoms with Crippen molar-refractivity contribution in [2.24, 2.45) is 0 Å². The topological polar surface area (TPSA) is 45.7 Å². The number of amides is 1. The van der Waals surface area contributed by atoms with E-state index < -0.39 is 17.8 Å². The average molecular weight is 460 g/mol. The number of aryl methyl sites for hydroxylation is 1. The van der Waals surface area contributed by atoms with Crippen LogP contribution in [0.1, 0.15) is 36.1 Å². The first-order valence-electron chi connectivity index (χ1n) is 10.8. The monoisotopic (exact) mass is 459 g/mol. The molecule has 0 saturated carbocycles. The van der Waals surface area contributed by atoms with E-state index in [0.29, 0.717) is 11.1 Å². The lowest BCUT2D eigenvalue weighted by atomic mass is 10.1. The first kappa shape index (κ1) is 24.4. The molecule has 0 bridgehead atoms. The molecule has 0 aliphatic rings. The Morgan fingerprint density at radius 3 is 2.36 bits per heavy atom. The normalized spacial score (nSPS) is 11.5. The lowest BCUT2D eigenvalue weighted by molar-refractivity contribution is -0.137. The Morgan fingerprint density at radius 1 is 1.03 bits per heavy atom. The minimum atomic E-state index is -4.46. The molecule has 0 fully saturated rings. The van der Waals surface area contributed by atoms with Gasteiger partial charge in [0, 0.05) is 30.6 Å². The summed E-state index contributed by atoms with van der Waals surface area (Å²) < 4.78 is 44.9. The maximum absolute atomic E-state index is 13.3. The van der Waals surface area contributed by atoms with E-state index in [4.69, 9.17) is 9.72 Å². The fraction of sp³-hybridized carbons (Fsp3) is 0.360. The van der Waals surface area contributed by atoms with Crippen LogP contribution in [0.25, 0.3) is 10.9 Å². The zero-order valence-corrected chi connectivity index (χ0v) is 19.2. The molecule has 0 radical (unpaired) electrons. The third-order valence-electron chi connectivity index (χ3n) is 5.47. The molecule has 2 aromatic carbocycles. The van der Waals surface area contributed by atoms with Crippen LogP contribution < -0.4 is 4.90 Å². The van der Waals surface area contributed by atoms with Crippen molar-refractivity contribution < 1.29 is 22.7 Å². The van der Waals surface area contributed by atoms with E-state index in [2.05, 4.69) is 4.90 Å². The van der Waals surface area contributed by atoms with Crippen LogP contribution in [0, 0.1) is 6.92 Å². The Labute approximate surface area is 191 Å². The maximum atomic E-state index is 13.3. The highest BCUT2D eigenvalue weighted by Gasteiger charge is 2.31. The van der Waals surface area contributed by atoms with Gasteiger partial charge in [0.1, 0.15) is 5.82 Å². The van der Waals surface area contributed by atoms with Crippen LogP contribution in [0.4, 0.5) is 23.8 Å². The Balaban J connectivity index is 2.03. The molecule has 0 N–H and O–H groups in total. The summed E-state index contributed by atoms with van der Waals surface area (Å²) in [6.07, 6.45) is -5.08. The first-order chi connectivity index (χ1) is 15.7. The van der Waals surface area contributed by atoms with Crippen LogP contribution in [0.5, 0.6) is 0 Å². The quantitative estimate of drug-likeness (QED) is 0.423. The molecule has 3 rings (SSSR count). The molecule has 0 aliphatic carbocycles. The standard InChI is InChI=1S/C25H28F3N3O2/c1-5-30(6-2)23-20(14-19-9-7-8-10-22(19)29-23)16-31(24(32)33-4)15-18-11-17(3)12-21(13-18)25(26,27)28/h7-14H,5-6,15-16H2,1-4H3. The number of methoxy groups -OCH3 is 1. The van der Waals surface area contributed by atoms with Gasteiger partial charge >= 0.3 is 12.3 Å². The average Bonchev–Trinajstić information content (AvgIpc) is 2.78. The van der Waals surface area contributed by atoms with Crippen LogP contribution in [0.15, 0.2) is 48.5 Å². The van der Waals surface area contributed by atoms with Crippen molar-refractivity contribution in [3.05, 3.63) is 70.8 Å². The molecule has 33 heavy (non-hydrogen) atoms. The zero-order valence-electron chi connectivity index (χ0n) is 19.2. The molecule has 8 heteroatoms. The molecule has 0 spiro atoms. The summed E-state index contributed by atoms with van der Waals surface area (Å²) in [6.45, 7) is 7.21. The van der Waals surface area contributed by atoms with Gasteiger partial charge in [-0.15, -0.1) is 0 Å². The highest BCUT2D eigenvalue weighted by molar-refractivity contribution is 5.82. The Morgan fingerprint density at radius 2 is 1.73 bits per heavy atom. The van der Waals surface area contributed by atoms with Crippen LogP contribution in [0.2, 0.25) is 0 Å². The van der Waals surface area contributed by atoms with E-state index in [1.807, 2.05) is 44.2 Å². The highest BCUT2D eigenvalue weighted by Crippen LogP contribution is 2.31. The number of benzene rings is 2. The molecule has 1 aromatic heterocycles. The van der Waals surface area contributed by atoms with Gasteiger partial charge in [0.2, 0.25) is 0 Å². The minimum absolute atomic E-state index is 0.0258. The fourth-order valence-electron chi connectivity index (χ4n) is 3.92. The predicted molar refractivity (Wildman–Crippen MR) is 123 cm³/mol. The van der Waals surface area contributed by atoms with Crippen molar-refractivity contribution in [3.63, 3.8) is 0 Å². The second-order valence-electron chi connectivity index (χ2n) is 7.87. The number of pyridine rings is 1. The number of rotatable bonds is 7. The second kappa shape index (κ2) is 10.1. The summed E-state index contributed by atoms with van der Waals surface area (Å²) in [4.78, 5) is 20.9. The minimum Gasteiger partial charge on any atom is -0.453 e. The number of hydrogen-bond acceptors (Lipinski definition) is 4. The fourth-order valence-corrected chi connectivity index (χ4v) is 3.92. The Hall–Kier alpha value is -3.29. The van der Waals surface area contributed by atoms with E-state index in [0.717, 1.165) is 47.5 Å². The number of carbonyl (C=O) groups is 1. The summed E-state index contributed by atoms with van der Waals surface area (Å²) in [7, 11) is 1.26. The van der Waals surface area contributed by atoms with Gasteiger partial charge in [0.15, 0.2) is 0 Å². The summed E-state index contributed by atoms with van der Waals surface area (Å²) >= 11 is 0. The van der Waals surface area contributed by atoms with Crippen molar-refractivity contribution in [1.29, 1.82) is 0 Å². The number of para-hydroxylation sites is 1. The van der Waals surface area contributed by atoms with Crippen LogP contribution in [-0.2, 0) is 24.0 Å². The molecule has 0 saturated heterocycles. The largest absolute Gasteiger partial charge is 0.453 e. The summed E-state index contributed by atoms with van der Waals surface area (Å²) in [5.74, 6) is 0.743. The second-order valence-corrected chi connectivity index (χ2v) is 7.87. The molecule has 0 unspecified atom stereocenters. The number of fused-ring (bicyclic) bond motifs is 1. The Bertz CT molecular complexity index is 1130. The van der Waals surface area contributed by atoms with E-state index in [1.165, 1.54) is 12.0 Å². The SMILES string of the molecule is CCN(CC)c1nc2ccccc2cc1CN(Cc1cc(C)cc(C(F)(F)F)c1)C(=O)OC. The molecule has 1 amide bonds. The van der Waals surface area contributed by atoms with Crippen molar-refractivity contribution in [1.82, 2.24) is 9.88 Å². The van der Waals surface area contributed by atoms with Crippen molar-refractivity contribution >= 4 is 22.8 Å². The van der Waals surface area contributed by atoms with Gasteiger partial charge in [-0.25, -0.2) is 9.78 Å². The molecule has 1 heterocycles. The van der Waals surface area contributed by atoms with E-state index in [9.17, 15) is 18.0 Å². The lowest BCUT2D eigenvalue weighted by Crippen LogP contribution is -2.32. The molecular weight excluding hydrogens is 431 g/mol. The van der Waals surface area contributed by atoms with E-state index in [-0.39, 0.29) is 13.1 Å².